The Balaban J connectivity index is 1.83. The summed E-state index contributed by atoms with van der Waals surface area (Å²) in [5.41, 5.74) is 2.69. The SMILES string of the molecule is Cc1cc(C)cc(NC(=O)CSc2nc3c(c(=O)n(C)c(=O)n3C)n2C)c1. The minimum Gasteiger partial charge on any atom is -0.325 e. The van der Waals surface area contributed by atoms with Gasteiger partial charge in [0.05, 0.1) is 5.75 Å². The van der Waals surface area contributed by atoms with Gasteiger partial charge in [0, 0.05) is 26.8 Å². The smallest absolute Gasteiger partial charge is 0.325 e. The molecule has 0 aliphatic rings. The molecule has 0 radical (unpaired) electrons. The molecular weight excluding hydrogens is 366 g/mol. The summed E-state index contributed by atoms with van der Waals surface area (Å²) in [6, 6.07) is 5.85. The summed E-state index contributed by atoms with van der Waals surface area (Å²) in [6.07, 6.45) is 0. The van der Waals surface area contributed by atoms with Crippen molar-refractivity contribution in [3.63, 3.8) is 0 Å². The number of aromatic nitrogens is 4. The van der Waals surface area contributed by atoms with Crippen LogP contribution in [0.3, 0.4) is 0 Å². The number of hydrogen-bond donors (Lipinski definition) is 1. The normalized spacial score (nSPS) is 11.1. The number of aryl methyl sites for hydroxylation is 4. The second kappa shape index (κ2) is 7.07. The van der Waals surface area contributed by atoms with Crippen LogP contribution in [0.25, 0.3) is 11.2 Å². The number of anilines is 1. The molecule has 27 heavy (non-hydrogen) atoms. The lowest BCUT2D eigenvalue weighted by Crippen LogP contribution is -2.37. The van der Waals surface area contributed by atoms with Crippen LogP contribution in [0.5, 0.6) is 0 Å². The quantitative estimate of drug-likeness (QED) is 0.682. The first kappa shape index (κ1) is 19.0. The van der Waals surface area contributed by atoms with Gasteiger partial charge in [-0.15, -0.1) is 0 Å². The highest BCUT2D eigenvalue weighted by Gasteiger charge is 2.18. The molecule has 1 aromatic carbocycles. The van der Waals surface area contributed by atoms with Gasteiger partial charge in [-0.1, -0.05) is 17.8 Å². The number of amides is 1. The number of nitrogens with one attached hydrogen (secondary N) is 1. The van der Waals surface area contributed by atoms with E-state index in [4.69, 9.17) is 0 Å². The van der Waals surface area contributed by atoms with Crippen molar-refractivity contribution in [1.29, 1.82) is 0 Å². The summed E-state index contributed by atoms with van der Waals surface area (Å²) in [7, 11) is 4.70. The van der Waals surface area contributed by atoms with Crippen LogP contribution in [0.15, 0.2) is 32.9 Å². The molecule has 1 amide bonds. The predicted octanol–water partition coefficient (Wildman–Crippen LogP) is 1.32. The van der Waals surface area contributed by atoms with Crippen molar-refractivity contribution in [2.24, 2.45) is 21.1 Å². The van der Waals surface area contributed by atoms with Gasteiger partial charge in [-0.3, -0.25) is 18.7 Å². The minimum atomic E-state index is -0.435. The lowest BCUT2D eigenvalue weighted by Gasteiger charge is -2.07. The fraction of sp³-hybridized carbons (Fsp3) is 0.333. The van der Waals surface area contributed by atoms with Crippen LogP contribution in [-0.2, 0) is 25.9 Å². The fourth-order valence-corrected chi connectivity index (χ4v) is 3.77. The van der Waals surface area contributed by atoms with Crippen LogP contribution in [0.2, 0.25) is 0 Å². The number of thioether (sulfide) groups is 1. The maximum Gasteiger partial charge on any atom is 0.332 e. The molecular formula is C18H21N5O3S. The van der Waals surface area contributed by atoms with Crippen LogP contribution in [0, 0.1) is 13.8 Å². The monoisotopic (exact) mass is 387 g/mol. The van der Waals surface area contributed by atoms with E-state index in [1.54, 1.807) is 18.7 Å². The molecule has 0 saturated heterocycles. The topological polar surface area (TPSA) is 90.9 Å². The molecule has 0 bridgehead atoms. The number of nitrogens with zero attached hydrogens (tertiary/aromatic N) is 4. The lowest BCUT2D eigenvalue weighted by atomic mass is 10.1. The molecule has 142 valence electrons. The van der Waals surface area contributed by atoms with E-state index in [0.717, 1.165) is 21.4 Å². The zero-order valence-corrected chi connectivity index (χ0v) is 16.7. The van der Waals surface area contributed by atoms with Crippen LogP contribution >= 0.6 is 11.8 Å². The van der Waals surface area contributed by atoms with Gasteiger partial charge in [0.25, 0.3) is 5.56 Å². The highest BCUT2D eigenvalue weighted by molar-refractivity contribution is 7.99. The second-order valence-electron chi connectivity index (χ2n) is 6.54. The van der Waals surface area contributed by atoms with Gasteiger partial charge in [0.2, 0.25) is 5.91 Å². The molecule has 0 unspecified atom stereocenters. The van der Waals surface area contributed by atoms with E-state index in [-0.39, 0.29) is 11.7 Å². The molecule has 0 aliphatic heterocycles. The number of benzene rings is 1. The average molecular weight is 387 g/mol. The molecule has 2 aromatic heterocycles. The Morgan fingerprint density at radius 2 is 1.67 bits per heavy atom. The number of rotatable bonds is 4. The van der Waals surface area contributed by atoms with Crippen molar-refractivity contribution < 1.29 is 4.79 Å². The fourth-order valence-electron chi connectivity index (χ4n) is 3.00. The van der Waals surface area contributed by atoms with Gasteiger partial charge < -0.3 is 9.88 Å². The third-order valence-electron chi connectivity index (χ3n) is 4.27. The number of fused-ring (bicyclic) bond motifs is 1. The zero-order chi connectivity index (χ0) is 19.9. The van der Waals surface area contributed by atoms with Crippen LogP contribution in [0.4, 0.5) is 5.69 Å². The van der Waals surface area contributed by atoms with Crippen molar-refractivity contribution in [1.82, 2.24) is 18.7 Å². The summed E-state index contributed by atoms with van der Waals surface area (Å²) in [6.45, 7) is 3.95. The van der Waals surface area contributed by atoms with Crippen molar-refractivity contribution in [3.8, 4) is 0 Å². The number of imidazole rings is 1. The van der Waals surface area contributed by atoms with Crippen molar-refractivity contribution in [2.75, 3.05) is 11.1 Å². The average Bonchev–Trinajstić information content (AvgIpc) is 2.92. The van der Waals surface area contributed by atoms with E-state index in [9.17, 15) is 14.4 Å². The van der Waals surface area contributed by atoms with Crippen molar-refractivity contribution >= 4 is 34.5 Å². The van der Waals surface area contributed by atoms with Crippen LogP contribution in [-0.4, -0.2) is 30.3 Å². The van der Waals surface area contributed by atoms with Gasteiger partial charge in [0.15, 0.2) is 16.3 Å². The maximum atomic E-state index is 12.4. The molecule has 9 heteroatoms. The van der Waals surface area contributed by atoms with Gasteiger partial charge >= 0.3 is 5.69 Å². The van der Waals surface area contributed by atoms with Crippen LogP contribution in [0.1, 0.15) is 11.1 Å². The Kier molecular flexibility index (Phi) is 4.97. The highest BCUT2D eigenvalue weighted by atomic mass is 32.2. The molecule has 0 fully saturated rings. The van der Waals surface area contributed by atoms with E-state index >= 15 is 0 Å². The third-order valence-corrected chi connectivity index (χ3v) is 5.30. The Morgan fingerprint density at radius 3 is 2.30 bits per heavy atom. The molecule has 3 aromatic rings. The second-order valence-corrected chi connectivity index (χ2v) is 7.49. The summed E-state index contributed by atoms with van der Waals surface area (Å²) >= 11 is 1.21. The molecule has 0 aliphatic carbocycles. The Morgan fingerprint density at radius 1 is 1.04 bits per heavy atom. The summed E-state index contributed by atoms with van der Waals surface area (Å²) in [4.78, 5) is 41.1. The molecule has 8 nitrogen and oxygen atoms in total. The van der Waals surface area contributed by atoms with Crippen molar-refractivity contribution in [2.45, 2.75) is 19.0 Å². The van der Waals surface area contributed by atoms with E-state index in [0.29, 0.717) is 16.3 Å². The first-order chi connectivity index (χ1) is 12.7. The van der Waals surface area contributed by atoms with Gasteiger partial charge in [-0.2, -0.15) is 0 Å². The van der Waals surface area contributed by atoms with E-state index in [2.05, 4.69) is 10.3 Å². The number of carbonyl (C=O) groups excluding carboxylic acids is 1. The standard InChI is InChI=1S/C18H21N5O3S/c1-10-6-11(2)8-12(7-10)19-13(24)9-27-17-20-15-14(21(17)3)16(25)23(5)18(26)22(15)4/h6-8H,9H2,1-5H3,(H,19,24). The zero-order valence-electron chi connectivity index (χ0n) is 15.9. The Bertz CT molecular complexity index is 1150. The third kappa shape index (κ3) is 3.55. The van der Waals surface area contributed by atoms with Crippen LogP contribution < -0.4 is 16.6 Å². The first-order valence-electron chi connectivity index (χ1n) is 8.32. The predicted molar refractivity (Wildman–Crippen MR) is 106 cm³/mol. The largest absolute Gasteiger partial charge is 0.332 e. The van der Waals surface area contributed by atoms with E-state index < -0.39 is 11.2 Å². The maximum absolute atomic E-state index is 12.4. The van der Waals surface area contributed by atoms with Gasteiger partial charge in [-0.05, 0) is 37.1 Å². The lowest BCUT2D eigenvalue weighted by molar-refractivity contribution is -0.113. The van der Waals surface area contributed by atoms with E-state index in [1.165, 1.54) is 23.4 Å². The number of carbonyl (C=O) groups is 1. The summed E-state index contributed by atoms with van der Waals surface area (Å²) in [5.74, 6) is -0.0304. The molecule has 0 spiro atoms. The molecule has 1 N–H and O–H groups in total. The molecule has 2 heterocycles. The first-order valence-corrected chi connectivity index (χ1v) is 9.31. The molecule has 0 atom stereocenters. The molecule has 0 saturated carbocycles. The van der Waals surface area contributed by atoms with E-state index in [1.807, 2.05) is 32.0 Å². The number of hydrogen-bond acceptors (Lipinski definition) is 5. The van der Waals surface area contributed by atoms with Gasteiger partial charge in [0.1, 0.15) is 0 Å². The summed E-state index contributed by atoms with van der Waals surface area (Å²) in [5, 5.41) is 3.37. The van der Waals surface area contributed by atoms with Gasteiger partial charge in [-0.25, -0.2) is 9.78 Å². The minimum absolute atomic E-state index is 0.137. The Labute approximate surface area is 159 Å². The van der Waals surface area contributed by atoms with Crippen molar-refractivity contribution in [3.05, 3.63) is 50.2 Å². The molecule has 3 rings (SSSR count). The Hall–Kier alpha value is -2.81. The summed E-state index contributed by atoms with van der Waals surface area (Å²) < 4.78 is 3.99. The highest BCUT2D eigenvalue weighted by Crippen LogP contribution is 2.21.